The Morgan fingerprint density at radius 1 is 0.692 bits per heavy atom. The molecule has 0 bridgehead atoms. The molecule has 0 fully saturated rings. The van der Waals surface area contributed by atoms with Gasteiger partial charge < -0.3 is 14.6 Å². The number of para-hydroxylation sites is 2. The second kappa shape index (κ2) is 7.34. The fraction of sp³-hybridized carbons (Fsp3) is 0. The van der Waals surface area contributed by atoms with E-state index in [1.54, 1.807) is 0 Å². The molecule has 0 aromatic heterocycles. The van der Waals surface area contributed by atoms with Crippen molar-refractivity contribution in [1.29, 1.82) is 0 Å². The summed E-state index contributed by atoms with van der Waals surface area (Å²) in [4.78, 5) is 2.24. The Morgan fingerprint density at radius 3 is 1.96 bits per heavy atom. The third-order valence-corrected chi connectivity index (χ3v) is 4.29. The first-order valence-electron chi connectivity index (χ1n) is 8.42. The summed E-state index contributed by atoms with van der Waals surface area (Å²) in [6.07, 6.45) is 0. The quantitative estimate of drug-likeness (QED) is 0.507. The highest BCUT2D eigenvalue weighted by Crippen LogP contribution is 2.39. The molecule has 4 aromatic carbocycles. The minimum Gasteiger partial charge on any atom is -0.537 e. The van der Waals surface area contributed by atoms with E-state index in [0.29, 0.717) is 13.4 Å². The van der Waals surface area contributed by atoms with Gasteiger partial charge in [0, 0.05) is 16.8 Å². The summed E-state index contributed by atoms with van der Waals surface area (Å²) in [5, 5.41) is 11.0. The van der Waals surface area contributed by atoms with E-state index in [2.05, 4.69) is 35.2 Å². The highest BCUT2D eigenvalue weighted by Gasteiger charge is 2.14. The Hall–Kier alpha value is -3.24. The van der Waals surface area contributed by atoms with Crippen LogP contribution < -0.4 is 9.55 Å². The van der Waals surface area contributed by atoms with E-state index in [9.17, 15) is 0 Å². The van der Waals surface area contributed by atoms with Gasteiger partial charge in [0.25, 0.3) is 0 Å². The van der Waals surface area contributed by atoms with Gasteiger partial charge in [-0.05, 0) is 53.9 Å². The second-order valence-electron chi connectivity index (χ2n) is 5.89. The first-order valence-corrected chi connectivity index (χ1v) is 8.42. The topological polar surface area (TPSA) is 32.7 Å². The lowest BCUT2D eigenvalue weighted by Gasteiger charge is -2.26. The molecule has 0 amide bonds. The number of hydrogen-bond donors (Lipinski definition) is 1. The minimum absolute atomic E-state index is 0.600. The normalized spacial score (nSPS) is 10.5. The van der Waals surface area contributed by atoms with Crippen molar-refractivity contribution in [3.63, 3.8) is 0 Å². The SMILES string of the molecule is O[B]Oc1ccc2c(N(c3ccccc3)c3ccccc3)cccc2c1. The summed E-state index contributed by atoms with van der Waals surface area (Å²) in [7, 11) is 0.700. The fourth-order valence-corrected chi connectivity index (χ4v) is 3.16. The van der Waals surface area contributed by atoms with Crippen LogP contribution in [0.15, 0.2) is 97.1 Å². The van der Waals surface area contributed by atoms with E-state index in [1.807, 2.05) is 66.7 Å². The second-order valence-corrected chi connectivity index (χ2v) is 5.89. The first-order chi connectivity index (χ1) is 12.9. The summed E-state index contributed by atoms with van der Waals surface area (Å²) >= 11 is 0. The molecule has 0 heterocycles. The molecule has 0 aliphatic heterocycles. The number of rotatable bonds is 5. The molecule has 0 unspecified atom stereocenters. The summed E-state index contributed by atoms with van der Waals surface area (Å²) in [6, 6.07) is 32.6. The minimum atomic E-state index is 0.600. The summed E-state index contributed by atoms with van der Waals surface area (Å²) in [5.74, 6) is 0.600. The van der Waals surface area contributed by atoms with Crippen LogP contribution in [-0.2, 0) is 0 Å². The van der Waals surface area contributed by atoms with Crippen LogP contribution in [0.3, 0.4) is 0 Å². The monoisotopic (exact) mass is 338 g/mol. The number of fused-ring (bicyclic) bond motifs is 1. The molecule has 0 aliphatic carbocycles. The van der Waals surface area contributed by atoms with Crippen LogP contribution in [0.1, 0.15) is 0 Å². The Morgan fingerprint density at radius 2 is 1.35 bits per heavy atom. The van der Waals surface area contributed by atoms with E-state index in [-0.39, 0.29) is 0 Å². The van der Waals surface area contributed by atoms with Gasteiger partial charge in [-0.2, -0.15) is 0 Å². The maximum Gasteiger partial charge on any atom is 0.569 e. The van der Waals surface area contributed by atoms with Crippen molar-refractivity contribution >= 4 is 35.5 Å². The molecule has 0 saturated carbocycles. The summed E-state index contributed by atoms with van der Waals surface area (Å²) in [5.41, 5.74) is 3.27. The summed E-state index contributed by atoms with van der Waals surface area (Å²) < 4.78 is 5.10. The third-order valence-electron chi connectivity index (χ3n) is 4.29. The van der Waals surface area contributed by atoms with E-state index in [0.717, 1.165) is 27.8 Å². The van der Waals surface area contributed by atoms with Crippen LogP contribution in [0.4, 0.5) is 17.1 Å². The molecular formula is C22H17BNO2. The number of anilines is 3. The Kier molecular flexibility index (Phi) is 4.58. The molecule has 125 valence electrons. The van der Waals surface area contributed by atoms with Crippen molar-refractivity contribution in [2.75, 3.05) is 4.90 Å². The lowest BCUT2D eigenvalue weighted by Crippen LogP contribution is -2.10. The van der Waals surface area contributed by atoms with Gasteiger partial charge in [-0.3, -0.25) is 0 Å². The zero-order valence-corrected chi connectivity index (χ0v) is 14.1. The Bertz CT molecular complexity index is 967. The molecule has 3 nitrogen and oxygen atoms in total. The average molecular weight is 338 g/mol. The van der Waals surface area contributed by atoms with Crippen LogP contribution in [0.2, 0.25) is 0 Å². The van der Waals surface area contributed by atoms with Crippen molar-refractivity contribution < 1.29 is 9.68 Å². The highest BCUT2D eigenvalue weighted by molar-refractivity contribution is 6.17. The maximum absolute atomic E-state index is 8.88. The number of hydrogen-bond acceptors (Lipinski definition) is 3. The van der Waals surface area contributed by atoms with Gasteiger partial charge in [-0.15, -0.1) is 0 Å². The average Bonchev–Trinajstić information content (AvgIpc) is 2.70. The van der Waals surface area contributed by atoms with Crippen molar-refractivity contribution in [2.45, 2.75) is 0 Å². The van der Waals surface area contributed by atoms with E-state index < -0.39 is 0 Å². The van der Waals surface area contributed by atoms with Crippen molar-refractivity contribution in [3.8, 4) is 5.75 Å². The Labute approximate surface area is 153 Å². The number of nitrogens with zero attached hydrogens (tertiary/aromatic N) is 1. The molecule has 4 rings (SSSR count). The number of benzene rings is 4. The lowest BCUT2D eigenvalue weighted by molar-refractivity contribution is 0.454. The first kappa shape index (κ1) is 16.2. The molecular weight excluding hydrogens is 321 g/mol. The summed E-state index contributed by atoms with van der Waals surface area (Å²) in [6.45, 7) is 0. The molecule has 1 radical (unpaired) electrons. The Balaban J connectivity index is 1.91. The molecule has 0 saturated heterocycles. The zero-order chi connectivity index (χ0) is 17.8. The van der Waals surface area contributed by atoms with E-state index >= 15 is 0 Å². The molecule has 0 atom stereocenters. The van der Waals surface area contributed by atoms with E-state index in [4.69, 9.17) is 9.68 Å². The third kappa shape index (κ3) is 3.15. The van der Waals surface area contributed by atoms with Gasteiger partial charge in [0.1, 0.15) is 5.75 Å². The largest absolute Gasteiger partial charge is 0.569 e. The molecule has 4 heteroatoms. The van der Waals surface area contributed by atoms with Gasteiger partial charge in [-0.25, -0.2) is 0 Å². The molecule has 0 aliphatic rings. The van der Waals surface area contributed by atoms with Crippen LogP contribution in [0.5, 0.6) is 5.75 Å². The van der Waals surface area contributed by atoms with Gasteiger partial charge >= 0.3 is 7.69 Å². The maximum atomic E-state index is 8.88. The van der Waals surface area contributed by atoms with Crippen LogP contribution >= 0.6 is 0 Å². The molecule has 1 N–H and O–H groups in total. The molecule has 4 aromatic rings. The van der Waals surface area contributed by atoms with Gasteiger partial charge in [0.15, 0.2) is 0 Å². The fourth-order valence-electron chi connectivity index (χ4n) is 3.16. The molecule has 0 spiro atoms. The predicted molar refractivity (Wildman–Crippen MR) is 107 cm³/mol. The van der Waals surface area contributed by atoms with Gasteiger partial charge in [0.2, 0.25) is 0 Å². The van der Waals surface area contributed by atoms with Crippen molar-refractivity contribution in [3.05, 3.63) is 97.1 Å². The van der Waals surface area contributed by atoms with Crippen LogP contribution in [-0.4, -0.2) is 12.7 Å². The van der Waals surface area contributed by atoms with Crippen molar-refractivity contribution in [1.82, 2.24) is 0 Å². The molecule has 26 heavy (non-hydrogen) atoms. The van der Waals surface area contributed by atoms with Gasteiger partial charge in [0.05, 0.1) is 5.69 Å². The lowest BCUT2D eigenvalue weighted by atomic mass is 10.1. The predicted octanol–water partition coefficient (Wildman–Crippen LogP) is 5.21. The van der Waals surface area contributed by atoms with Crippen LogP contribution in [0, 0.1) is 0 Å². The van der Waals surface area contributed by atoms with Gasteiger partial charge in [-0.1, -0.05) is 48.5 Å². The van der Waals surface area contributed by atoms with Crippen LogP contribution in [0.25, 0.3) is 10.8 Å². The highest BCUT2D eigenvalue weighted by atomic mass is 16.5. The standard InChI is InChI=1S/C22H17BNO2/c25-23-26-20-14-15-21-17(16-20)8-7-13-22(21)24(18-9-3-1-4-10-18)19-11-5-2-6-12-19/h1-16,25H. The zero-order valence-electron chi connectivity index (χ0n) is 14.1. The van der Waals surface area contributed by atoms with Crippen molar-refractivity contribution in [2.24, 2.45) is 0 Å². The smallest absolute Gasteiger partial charge is 0.537 e. The van der Waals surface area contributed by atoms with E-state index in [1.165, 1.54) is 0 Å².